The number of benzene rings is 2. The molecule has 0 saturated carbocycles. The van der Waals surface area contributed by atoms with Crippen LogP contribution < -0.4 is 5.32 Å². The first-order valence-corrected chi connectivity index (χ1v) is 7.82. The molecule has 0 bridgehead atoms. The molecule has 0 spiro atoms. The molecular formula is C19H22FNO. The molecule has 1 aliphatic rings. The molecule has 22 heavy (non-hydrogen) atoms. The van der Waals surface area contributed by atoms with Crippen molar-refractivity contribution in [1.82, 2.24) is 5.32 Å². The molecule has 2 aromatic carbocycles. The lowest BCUT2D eigenvalue weighted by atomic mass is 9.89. The summed E-state index contributed by atoms with van der Waals surface area (Å²) in [4.78, 5) is 0. The maximum atomic E-state index is 13.1. The third-order valence-electron chi connectivity index (χ3n) is 4.28. The van der Waals surface area contributed by atoms with E-state index < -0.39 is 0 Å². The Morgan fingerprint density at radius 2 is 1.95 bits per heavy atom. The SMILES string of the molecule is CNCCC1OC(c2ccc(F)cc2)Cc2cc(C)ccc21. The summed E-state index contributed by atoms with van der Waals surface area (Å²) in [7, 11) is 1.95. The van der Waals surface area contributed by atoms with E-state index >= 15 is 0 Å². The lowest BCUT2D eigenvalue weighted by Crippen LogP contribution is -2.23. The second-order valence-electron chi connectivity index (χ2n) is 5.96. The van der Waals surface area contributed by atoms with Crippen molar-refractivity contribution in [1.29, 1.82) is 0 Å². The molecule has 1 aliphatic heterocycles. The quantitative estimate of drug-likeness (QED) is 0.918. The van der Waals surface area contributed by atoms with E-state index in [1.54, 1.807) is 0 Å². The van der Waals surface area contributed by atoms with E-state index in [-0.39, 0.29) is 18.0 Å². The summed E-state index contributed by atoms with van der Waals surface area (Å²) in [6, 6.07) is 13.3. The summed E-state index contributed by atoms with van der Waals surface area (Å²) in [6.45, 7) is 3.03. The average Bonchev–Trinajstić information content (AvgIpc) is 2.52. The van der Waals surface area contributed by atoms with E-state index in [1.165, 1.54) is 28.8 Å². The van der Waals surface area contributed by atoms with Gasteiger partial charge in [-0.2, -0.15) is 0 Å². The Kier molecular flexibility index (Phi) is 4.55. The van der Waals surface area contributed by atoms with Crippen molar-refractivity contribution in [2.75, 3.05) is 13.6 Å². The van der Waals surface area contributed by atoms with Crippen molar-refractivity contribution in [3.63, 3.8) is 0 Å². The zero-order valence-electron chi connectivity index (χ0n) is 13.1. The first-order chi connectivity index (χ1) is 10.7. The van der Waals surface area contributed by atoms with Gasteiger partial charge in [0.15, 0.2) is 0 Å². The fourth-order valence-corrected chi connectivity index (χ4v) is 3.12. The molecule has 0 aliphatic carbocycles. The van der Waals surface area contributed by atoms with Gasteiger partial charge in [-0.3, -0.25) is 0 Å². The number of fused-ring (bicyclic) bond motifs is 1. The molecule has 3 rings (SSSR count). The van der Waals surface area contributed by atoms with Crippen molar-refractivity contribution < 1.29 is 9.13 Å². The minimum Gasteiger partial charge on any atom is -0.365 e. The Hall–Kier alpha value is -1.71. The van der Waals surface area contributed by atoms with Crippen LogP contribution in [0, 0.1) is 12.7 Å². The van der Waals surface area contributed by atoms with Crippen LogP contribution in [0.5, 0.6) is 0 Å². The Morgan fingerprint density at radius 3 is 2.68 bits per heavy atom. The van der Waals surface area contributed by atoms with Gasteiger partial charge in [-0.1, -0.05) is 35.9 Å². The monoisotopic (exact) mass is 299 g/mol. The molecule has 0 amide bonds. The summed E-state index contributed by atoms with van der Waals surface area (Å²) in [5.74, 6) is -0.206. The molecule has 1 heterocycles. The zero-order valence-corrected chi connectivity index (χ0v) is 13.1. The van der Waals surface area contributed by atoms with E-state index in [1.807, 2.05) is 19.2 Å². The first kappa shape index (κ1) is 15.2. The van der Waals surface area contributed by atoms with E-state index in [4.69, 9.17) is 4.74 Å². The van der Waals surface area contributed by atoms with Gasteiger partial charge in [0.05, 0.1) is 12.2 Å². The fourth-order valence-electron chi connectivity index (χ4n) is 3.12. The van der Waals surface area contributed by atoms with Crippen LogP contribution in [0.3, 0.4) is 0 Å². The predicted molar refractivity (Wildman–Crippen MR) is 86.4 cm³/mol. The van der Waals surface area contributed by atoms with Crippen LogP contribution in [-0.2, 0) is 11.2 Å². The number of ether oxygens (including phenoxy) is 1. The van der Waals surface area contributed by atoms with Crippen LogP contribution in [0.15, 0.2) is 42.5 Å². The lowest BCUT2D eigenvalue weighted by molar-refractivity contribution is -0.0312. The van der Waals surface area contributed by atoms with Crippen LogP contribution in [0.4, 0.5) is 4.39 Å². The number of nitrogens with one attached hydrogen (secondary N) is 1. The molecular weight excluding hydrogens is 277 g/mol. The predicted octanol–water partition coefficient (Wildman–Crippen LogP) is 4.10. The molecule has 2 atom stereocenters. The highest BCUT2D eigenvalue weighted by molar-refractivity contribution is 5.37. The van der Waals surface area contributed by atoms with E-state index in [0.717, 1.165) is 24.9 Å². The van der Waals surface area contributed by atoms with Crippen LogP contribution in [0.2, 0.25) is 0 Å². The van der Waals surface area contributed by atoms with Crippen LogP contribution in [-0.4, -0.2) is 13.6 Å². The number of aryl methyl sites for hydroxylation is 1. The Labute approximate surface area is 131 Å². The molecule has 2 unspecified atom stereocenters. The third-order valence-corrected chi connectivity index (χ3v) is 4.28. The Morgan fingerprint density at radius 1 is 1.18 bits per heavy atom. The van der Waals surface area contributed by atoms with Crippen molar-refractivity contribution in [2.45, 2.75) is 32.0 Å². The largest absolute Gasteiger partial charge is 0.365 e. The third kappa shape index (κ3) is 3.21. The van der Waals surface area contributed by atoms with E-state index in [0.29, 0.717) is 0 Å². The molecule has 3 heteroatoms. The first-order valence-electron chi connectivity index (χ1n) is 7.82. The highest BCUT2D eigenvalue weighted by Gasteiger charge is 2.28. The fraction of sp³-hybridized carbons (Fsp3) is 0.368. The van der Waals surface area contributed by atoms with E-state index in [9.17, 15) is 4.39 Å². The number of rotatable bonds is 4. The Bertz CT molecular complexity index is 638. The molecule has 116 valence electrons. The minimum atomic E-state index is -0.206. The van der Waals surface area contributed by atoms with Gasteiger partial charge in [0.25, 0.3) is 0 Å². The molecule has 2 nitrogen and oxygen atoms in total. The molecule has 0 saturated heterocycles. The highest BCUT2D eigenvalue weighted by atomic mass is 19.1. The van der Waals surface area contributed by atoms with Crippen LogP contribution >= 0.6 is 0 Å². The van der Waals surface area contributed by atoms with Gasteiger partial charge in [-0.15, -0.1) is 0 Å². The summed E-state index contributed by atoms with van der Waals surface area (Å²) < 4.78 is 19.5. The van der Waals surface area contributed by atoms with Crippen LogP contribution in [0.1, 0.15) is 40.9 Å². The van der Waals surface area contributed by atoms with E-state index in [2.05, 4.69) is 30.4 Å². The molecule has 2 aromatic rings. The zero-order chi connectivity index (χ0) is 15.5. The second kappa shape index (κ2) is 6.59. The molecule has 0 radical (unpaired) electrons. The minimum absolute atomic E-state index is 0.00300. The van der Waals surface area contributed by atoms with Gasteiger partial charge in [-0.05, 0) is 55.8 Å². The summed E-state index contributed by atoms with van der Waals surface area (Å²) in [5, 5.41) is 3.19. The topological polar surface area (TPSA) is 21.3 Å². The van der Waals surface area contributed by atoms with Crippen molar-refractivity contribution >= 4 is 0 Å². The number of halogens is 1. The van der Waals surface area contributed by atoms with Gasteiger partial charge >= 0.3 is 0 Å². The van der Waals surface area contributed by atoms with Crippen molar-refractivity contribution in [3.8, 4) is 0 Å². The number of hydrogen-bond donors (Lipinski definition) is 1. The smallest absolute Gasteiger partial charge is 0.123 e. The van der Waals surface area contributed by atoms with Gasteiger partial charge < -0.3 is 10.1 Å². The molecule has 0 fully saturated rings. The molecule has 0 aromatic heterocycles. The average molecular weight is 299 g/mol. The summed E-state index contributed by atoms with van der Waals surface area (Å²) >= 11 is 0. The second-order valence-corrected chi connectivity index (χ2v) is 5.96. The Balaban J connectivity index is 1.90. The summed E-state index contributed by atoms with van der Waals surface area (Å²) in [6.07, 6.45) is 1.87. The van der Waals surface area contributed by atoms with Crippen molar-refractivity contribution in [2.24, 2.45) is 0 Å². The normalized spacial score (nSPS) is 20.7. The van der Waals surface area contributed by atoms with Gasteiger partial charge in [0, 0.05) is 6.42 Å². The van der Waals surface area contributed by atoms with Gasteiger partial charge in [0.1, 0.15) is 5.82 Å². The van der Waals surface area contributed by atoms with Gasteiger partial charge in [0.2, 0.25) is 0 Å². The standard InChI is InChI=1S/C19H22FNO/c1-13-3-8-17-15(11-13)12-19(22-18(17)9-10-21-2)14-4-6-16(20)7-5-14/h3-8,11,18-19,21H,9-10,12H2,1-2H3. The summed E-state index contributed by atoms with van der Waals surface area (Å²) in [5.41, 5.74) is 4.95. The maximum Gasteiger partial charge on any atom is 0.123 e. The van der Waals surface area contributed by atoms with Crippen LogP contribution in [0.25, 0.3) is 0 Å². The highest BCUT2D eigenvalue weighted by Crippen LogP contribution is 2.39. The lowest BCUT2D eigenvalue weighted by Gasteiger charge is -2.33. The van der Waals surface area contributed by atoms with Crippen molar-refractivity contribution in [3.05, 3.63) is 70.5 Å². The number of hydrogen-bond acceptors (Lipinski definition) is 2. The molecule has 1 N–H and O–H groups in total. The maximum absolute atomic E-state index is 13.1. The van der Waals surface area contributed by atoms with Gasteiger partial charge in [-0.25, -0.2) is 4.39 Å².